The zero-order chi connectivity index (χ0) is 11.8. The summed E-state index contributed by atoms with van der Waals surface area (Å²) in [6.07, 6.45) is 6.34. The Kier molecular flexibility index (Phi) is 3.12. The summed E-state index contributed by atoms with van der Waals surface area (Å²) >= 11 is 0. The minimum Gasteiger partial charge on any atom is -0.338 e. The zero-order valence-corrected chi connectivity index (χ0v) is 10.8. The molecule has 0 aromatic carbocycles. The number of carbonyl (C=O) groups excluding carboxylic acids is 1. The molecule has 3 heteroatoms. The highest BCUT2D eigenvalue weighted by Crippen LogP contribution is 2.49. The first-order valence-corrected chi connectivity index (χ1v) is 7.30. The standard InChI is InChI=1S/C14H24N2O/c1-2-16(12-5-6-15-9-12)14(17)13-8-10-3-4-11(13)7-10/h10-13,15H,2-9H2,1H3. The molecule has 0 spiro atoms. The van der Waals surface area contributed by atoms with E-state index < -0.39 is 0 Å². The van der Waals surface area contributed by atoms with E-state index in [9.17, 15) is 4.79 Å². The molecule has 2 bridgehead atoms. The van der Waals surface area contributed by atoms with Gasteiger partial charge in [0.2, 0.25) is 5.91 Å². The predicted octanol–water partition coefficient (Wildman–Crippen LogP) is 1.63. The van der Waals surface area contributed by atoms with Gasteiger partial charge >= 0.3 is 0 Å². The van der Waals surface area contributed by atoms with Crippen molar-refractivity contribution in [2.24, 2.45) is 17.8 Å². The van der Waals surface area contributed by atoms with Crippen LogP contribution in [0.15, 0.2) is 0 Å². The summed E-state index contributed by atoms with van der Waals surface area (Å²) in [7, 11) is 0. The largest absolute Gasteiger partial charge is 0.338 e. The van der Waals surface area contributed by atoms with Gasteiger partial charge in [0.15, 0.2) is 0 Å². The van der Waals surface area contributed by atoms with Crippen molar-refractivity contribution in [3.8, 4) is 0 Å². The molecule has 0 aromatic heterocycles. The van der Waals surface area contributed by atoms with Crippen molar-refractivity contribution in [2.45, 2.75) is 45.1 Å². The van der Waals surface area contributed by atoms with Crippen molar-refractivity contribution >= 4 is 5.91 Å². The van der Waals surface area contributed by atoms with Crippen LogP contribution in [-0.2, 0) is 4.79 Å². The number of nitrogens with zero attached hydrogens (tertiary/aromatic N) is 1. The number of fused-ring (bicyclic) bond motifs is 2. The van der Waals surface area contributed by atoms with Crippen LogP contribution in [-0.4, -0.2) is 36.5 Å². The molecule has 3 fully saturated rings. The molecule has 2 aliphatic carbocycles. The van der Waals surface area contributed by atoms with E-state index in [0.717, 1.165) is 37.9 Å². The molecule has 17 heavy (non-hydrogen) atoms. The average molecular weight is 236 g/mol. The Morgan fingerprint density at radius 3 is 2.71 bits per heavy atom. The monoisotopic (exact) mass is 236 g/mol. The van der Waals surface area contributed by atoms with Crippen LogP contribution in [0.2, 0.25) is 0 Å². The molecule has 4 unspecified atom stereocenters. The lowest BCUT2D eigenvalue weighted by Gasteiger charge is -2.32. The molecule has 3 aliphatic rings. The molecule has 4 atom stereocenters. The van der Waals surface area contributed by atoms with Crippen LogP contribution in [0, 0.1) is 17.8 Å². The highest BCUT2D eigenvalue weighted by Gasteiger charge is 2.45. The van der Waals surface area contributed by atoms with Crippen molar-refractivity contribution in [2.75, 3.05) is 19.6 Å². The second-order valence-electron chi connectivity index (χ2n) is 6.05. The molecule has 1 amide bonds. The Hall–Kier alpha value is -0.570. The first kappa shape index (κ1) is 11.5. The summed E-state index contributed by atoms with van der Waals surface area (Å²) in [5.74, 6) is 2.42. The van der Waals surface area contributed by atoms with Gasteiger partial charge in [-0.25, -0.2) is 0 Å². The van der Waals surface area contributed by atoms with Crippen LogP contribution in [0.25, 0.3) is 0 Å². The molecule has 1 N–H and O–H groups in total. The van der Waals surface area contributed by atoms with E-state index >= 15 is 0 Å². The molecule has 1 heterocycles. The molecule has 96 valence electrons. The van der Waals surface area contributed by atoms with Crippen molar-refractivity contribution < 1.29 is 4.79 Å². The van der Waals surface area contributed by atoms with Gasteiger partial charge in [0, 0.05) is 25.0 Å². The van der Waals surface area contributed by atoms with Gasteiger partial charge in [-0.2, -0.15) is 0 Å². The molecule has 0 radical (unpaired) electrons. The molecule has 0 aromatic rings. The molecule has 3 nitrogen and oxygen atoms in total. The summed E-state index contributed by atoms with van der Waals surface area (Å²) in [5.41, 5.74) is 0. The second-order valence-corrected chi connectivity index (χ2v) is 6.05. The van der Waals surface area contributed by atoms with Crippen molar-refractivity contribution in [3.63, 3.8) is 0 Å². The Morgan fingerprint density at radius 2 is 2.18 bits per heavy atom. The molecule has 3 rings (SSSR count). The third-order valence-corrected chi connectivity index (χ3v) is 5.15. The van der Waals surface area contributed by atoms with Gasteiger partial charge in [-0.3, -0.25) is 4.79 Å². The summed E-state index contributed by atoms with van der Waals surface area (Å²) in [6.45, 7) is 5.09. The highest BCUT2D eigenvalue weighted by atomic mass is 16.2. The Labute approximate surface area is 104 Å². The van der Waals surface area contributed by atoms with E-state index in [-0.39, 0.29) is 0 Å². The van der Waals surface area contributed by atoms with Gasteiger partial charge in [0.05, 0.1) is 0 Å². The second kappa shape index (κ2) is 4.60. The fourth-order valence-corrected chi connectivity index (χ4v) is 4.26. The van der Waals surface area contributed by atoms with Gasteiger partial charge in [-0.05, 0) is 51.0 Å². The number of likely N-dealkylation sites (N-methyl/N-ethyl adjacent to an activating group) is 1. The smallest absolute Gasteiger partial charge is 0.226 e. The van der Waals surface area contributed by atoms with Gasteiger partial charge in [-0.15, -0.1) is 0 Å². The van der Waals surface area contributed by atoms with Gasteiger partial charge in [0.25, 0.3) is 0 Å². The number of nitrogens with one attached hydrogen (secondary N) is 1. The van der Waals surface area contributed by atoms with Crippen LogP contribution in [0.5, 0.6) is 0 Å². The minimum atomic E-state index is 0.370. The Morgan fingerprint density at radius 1 is 1.29 bits per heavy atom. The fraction of sp³-hybridized carbons (Fsp3) is 0.929. The van der Waals surface area contributed by atoms with E-state index in [0.29, 0.717) is 17.9 Å². The lowest BCUT2D eigenvalue weighted by molar-refractivity contribution is -0.139. The maximum absolute atomic E-state index is 12.7. The highest BCUT2D eigenvalue weighted by molar-refractivity contribution is 5.80. The van der Waals surface area contributed by atoms with E-state index in [1.807, 2.05) is 0 Å². The summed E-state index contributed by atoms with van der Waals surface area (Å²) < 4.78 is 0. The number of carbonyl (C=O) groups is 1. The van der Waals surface area contributed by atoms with E-state index in [1.54, 1.807) is 0 Å². The number of amides is 1. The Balaban J connectivity index is 1.67. The SMILES string of the molecule is CCN(C(=O)C1CC2CCC1C2)C1CCNC1. The molecule has 1 aliphatic heterocycles. The topological polar surface area (TPSA) is 32.3 Å². The number of hydrogen-bond donors (Lipinski definition) is 1. The summed E-state index contributed by atoms with van der Waals surface area (Å²) in [5, 5.41) is 3.37. The van der Waals surface area contributed by atoms with Crippen LogP contribution in [0.1, 0.15) is 39.0 Å². The first-order chi connectivity index (χ1) is 8.29. The lowest BCUT2D eigenvalue weighted by Crippen LogP contribution is -2.45. The van der Waals surface area contributed by atoms with Crippen LogP contribution in [0.3, 0.4) is 0 Å². The minimum absolute atomic E-state index is 0.370. The van der Waals surface area contributed by atoms with E-state index in [1.165, 1.54) is 25.7 Å². The number of hydrogen-bond acceptors (Lipinski definition) is 2. The van der Waals surface area contributed by atoms with Gasteiger partial charge < -0.3 is 10.2 Å². The van der Waals surface area contributed by atoms with Crippen LogP contribution in [0.4, 0.5) is 0 Å². The number of rotatable bonds is 3. The summed E-state index contributed by atoms with van der Waals surface area (Å²) in [6, 6.07) is 0.464. The summed E-state index contributed by atoms with van der Waals surface area (Å²) in [4.78, 5) is 14.8. The van der Waals surface area contributed by atoms with Crippen LogP contribution < -0.4 is 5.32 Å². The van der Waals surface area contributed by atoms with E-state index in [4.69, 9.17) is 0 Å². The average Bonchev–Trinajstić information content (AvgIpc) is 3.06. The van der Waals surface area contributed by atoms with Crippen LogP contribution >= 0.6 is 0 Å². The zero-order valence-electron chi connectivity index (χ0n) is 10.8. The predicted molar refractivity (Wildman–Crippen MR) is 67.6 cm³/mol. The van der Waals surface area contributed by atoms with Gasteiger partial charge in [0.1, 0.15) is 0 Å². The quantitative estimate of drug-likeness (QED) is 0.808. The van der Waals surface area contributed by atoms with Crippen molar-refractivity contribution in [1.29, 1.82) is 0 Å². The molecule has 1 saturated heterocycles. The fourth-order valence-electron chi connectivity index (χ4n) is 4.26. The van der Waals surface area contributed by atoms with Gasteiger partial charge in [-0.1, -0.05) is 6.42 Å². The molecular formula is C14H24N2O. The maximum atomic E-state index is 12.7. The maximum Gasteiger partial charge on any atom is 0.226 e. The van der Waals surface area contributed by atoms with Crippen molar-refractivity contribution in [3.05, 3.63) is 0 Å². The molecular weight excluding hydrogens is 212 g/mol. The Bertz CT molecular complexity index is 299. The molecule has 2 saturated carbocycles. The third-order valence-electron chi connectivity index (χ3n) is 5.15. The first-order valence-electron chi connectivity index (χ1n) is 7.30. The normalized spacial score (nSPS) is 39.8. The van der Waals surface area contributed by atoms with E-state index in [2.05, 4.69) is 17.1 Å². The third kappa shape index (κ3) is 1.99. The van der Waals surface area contributed by atoms with Crippen molar-refractivity contribution in [1.82, 2.24) is 10.2 Å². The lowest BCUT2D eigenvalue weighted by atomic mass is 9.87.